The van der Waals surface area contributed by atoms with Crippen LogP contribution in [-0.4, -0.2) is 42.6 Å². The van der Waals surface area contributed by atoms with Gasteiger partial charge in [0.1, 0.15) is 5.60 Å². The van der Waals surface area contributed by atoms with Gasteiger partial charge in [-0.3, -0.25) is 4.79 Å². The van der Waals surface area contributed by atoms with Crippen molar-refractivity contribution in [2.45, 2.75) is 71.6 Å². The van der Waals surface area contributed by atoms with E-state index in [0.717, 1.165) is 18.6 Å². The number of hydrogen-bond donors (Lipinski definition) is 1. The van der Waals surface area contributed by atoms with Gasteiger partial charge < -0.3 is 19.6 Å². The van der Waals surface area contributed by atoms with Gasteiger partial charge in [0, 0.05) is 12.0 Å². The molecule has 142 valence electrons. The Labute approximate surface area is 149 Å². The fraction of sp³-hybridized carbons (Fsp3) is 0.833. The van der Waals surface area contributed by atoms with Gasteiger partial charge in [0.15, 0.2) is 6.10 Å². The molecule has 0 unspecified atom stereocenters. The zero-order valence-electron chi connectivity index (χ0n) is 16.0. The number of carbonyl (C=O) groups is 2. The van der Waals surface area contributed by atoms with Gasteiger partial charge in [0.05, 0.1) is 24.7 Å². The van der Waals surface area contributed by atoms with Gasteiger partial charge >= 0.3 is 12.1 Å². The SMILES string of the molecule is CCC(CC)C1=NO[C@H]2[C@@H]1[C@@H](NC(=O)OC(C)(C)C)C[C@@H]2C(=O)OC. The van der Waals surface area contributed by atoms with Gasteiger partial charge in [-0.15, -0.1) is 0 Å². The molecule has 1 saturated carbocycles. The molecule has 7 heteroatoms. The molecule has 0 spiro atoms. The zero-order chi connectivity index (χ0) is 18.8. The number of carbonyl (C=O) groups excluding carboxylic acids is 2. The second-order valence-electron chi connectivity index (χ2n) is 7.74. The van der Waals surface area contributed by atoms with Crippen molar-refractivity contribution < 1.29 is 23.9 Å². The molecule has 1 aliphatic carbocycles. The minimum Gasteiger partial charge on any atom is -0.469 e. The molecular formula is C18H30N2O5. The number of nitrogens with zero attached hydrogens (tertiary/aromatic N) is 1. The molecule has 1 heterocycles. The van der Waals surface area contributed by atoms with Crippen molar-refractivity contribution in [3.8, 4) is 0 Å². The van der Waals surface area contributed by atoms with Crippen LogP contribution in [0.4, 0.5) is 4.79 Å². The summed E-state index contributed by atoms with van der Waals surface area (Å²) in [4.78, 5) is 30.0. The Hall–Kier alpha value is -1.79. The fourth-order valence-corrected chi connectivity index (χ4v) is 3.77. The Balaban J connectivity index is 2.20. The predicted molar refractivity (Wildman–Crippen MR) is 93.2 cm³/mol. The molecule has 2 aliphatic rings. The number of rotatable bonds is 5. The van der Waals surface area contributed by atoms with Crippen molar-refractivity contribution in [3.05, 3.63) is 0 Å². The number of alkyl carbamates (subject to hydrolysis) is 1. The summed E-state index contributed by atoms with van der Waals surface area (Å²) >= 11 is 0. The Bertz CT molecular complexity index is 536. The Morgan fingerprint density at radius 3 is 2.48 bits per heavy atom. The van der Waals surface area contributed by atoms with E-state index in [1.807, 2.05) is 20.8 Å². The zero-order valence-corrected chi connectivity index (χ0v) is 16.0. The van der Waals surface area contributed by atoms with Crippen LogP contribution in [0.15, 0.2) is 5.16 Å². The van der Waals surface area contributed by atoms with Crippen molar-refractivity contribution in [2.24, 2.45) is 22.9 Å². The van der Waals surface area contributed by atoms with E-state index in [-0.39, 0.29) is 30.0 Å². The highest BCUT2D eigenvalue weighted by Crippen LogP contribution is 2.42. The topological polar surface area (TPSA) is 86.2 Å². The van der Waals surface area contributed by atoms with E-state index in [4.69, 9.17) is 14.3 Å². The number of esters is 1. The van der Waals surface area contributed by atoms with E-state index < -0.39 is 17.6 Å². The number of amides is 1. The molecule has 1 aliphatic heterocycles. The fourth-order valence-electron chi connectivity index (χ4n) is 3.77. The lowest BCUT2D eigenvalue weighted by Gasteiger charge is -2.25. The highest BCUT2D eigenvalue weighted by atomic mass is 16.6. The van der Waals surface area contributed by atoms with Crippen LogP contribution in [0.25, 0.3) is 0 Å². The van der Waals surface area contributed by atoms with Crippen LogP contribution in [0.1, 0.15) is 53.9 Å². The molecule has 0 radical (unpaired) electrons. The lowest BCUT2D eigenvalue weighted by molar-refractivity contribution is -0.149. The molecule has 25 heavy (non-hydrogen) atoms. The number of fused-ring (bicyclic) bond motifs is 1. The molecule has 2 rings (SSSR count). The summed E-state index contributed by atoms with van der Waals surface area (Å²) in [7, 11) is 1.36. The first kappa shape index (κ1) is 19.5. The largest absolute Gasteiger partial charge is 0.469 e. The van der Waals surface area contributed by atoms with Crippen molar-refractivity contribution in [3.63, 3.8) is 0 Å². The maximum absolute atomic E-state index is 12.2. The first-order valence-corrected chi connectivity index (χ1v) is 9.02. The van der Waals surface area contributed by atoms with E-state index in [1.54, 1.807) is 0 Å². The van der Waals surface area contributed by atoms with Crippen LogP contribution in [-0.2, 0) is 19.1 Å². The van der Waals surface area contributed by atoms with E-state index in [2.05, 4.69) is 24.3 Å². The highest BCUT2D eigenvalue weighted by Gasteiger charge is 2.55. The second-order valence-corrected chi connectivity index (χ2v) is 7.74. The molecule has 1 fully saturated rings. The summed E-state index contributed by atoms with van der Waals surface area (Å²) in [6.45, 7) is 9.66. The van der Waals surface area contributed by atoms with Crippen LogP contribution in [0.2, 0.25) is 0 Å². The van der Waals surface area contributed by atoms with E-state index in [1.165, 1.54) is 7.11 Å². The Morgan fingerprint density at radius 1 is 1.32 bits per heavy atom. The number of hydrogen-bond acceptors (Lipinski definition) is 6. The van der Waals surface area contributed by atoms with Gasteiger partial charge in [-0.25, -0.2) is 4.79 Å². The first-order chi connectivity index (χ1) is 11.7. The molecule has 0 saturated heterocycles. The van der Waals surface area contributed by atoms with Crippen LogP contribution < -0.4 is 5.32 Å². The summed E-state index contributed by atoms with van der Waals surface area (Å²) in [5.74, 6) is -0.620. The summed E-state index contributed by atoms with van der Waals surface area (Å²) in [6.07, 6.45) is 1.45. The lowest BCUT2D eigenvalue weighted by atomic mass is 9.84. The summed E-state index contributed by atoms with van der Waals surface area (Å²) in [5, 5.41) is 7.20. The van der Waals surface area contributed by atoms with Crippen molar-refractivity contribution >= 4 is 17.8 Å². The standard InChI is InChI=1S/C18H30N2O5/c1-7-10(8-2)14-13-12(19-17(22)24-18(3,4)5)9-11(16(21)23-6)15(13)25-20-14/h10-13,15H,7-9H2,1-6H3,(H,19,22)/t11-,12-,13+,15+/m0/s1. The monoisotopic (exact) mass is 354 g/mol. The minimum atomic E-state index is -0.581. The highest BCUT2D eigenvalue weighted by molar-refractivity contribution is 5.93. The third-order valence-electron chi connectivity index (χ3n) is 4.92. The number of ether oxygens (including phenoxy) is 2. The number of oxime groups is 1. The maximum atomic E-state index is 12.2. The van der Waals surface area contributed by atoms with Crippen molar-refractivity contribution in [1.29, 1.82) is 0 Å². The van der Waals surface area contributed by atoms with Gasteiger partial charge in [0.25, 0.3) is 0 Å². The summed E-state index contributed by atoms with van der Waals surface area (Å²) in [5.41, 5.74) is 0.352. The van der Waals surface area contributed by atoms with Crippen LogP contribution in [0.5, 0.6) is 0 Å². The summed E-state index contributed by atoms with van der Waals surface area (Å²) in [6, 6.07) is -0.259. The first-order valence-electron chi connectivity index (χ1n) is 9.02. The van der Waals surface area contributed by atoms with Crippen LogP contribution >= 0.6 is 0 Å². The quantitative estimate of drug-likeness (QED) is 0.767. The molecule has 0 aromatic carbocycles. The van der Waals surface area contributed by atoms with E-state index >= 15 is 0 Å². The second kappa shape index (κ2) is 7.62. The molecule has 1 amide bonds. The minimum absolute atomic E-state index is 0.124. The number of nitrogens with one attached hydrogen (secondary N) is 1. The maximum Gasteiger partial charge on any atom is 0.407 e. The predicted octanol–water partition coefficient (Wildman–Crippen LogP) is 2.88. The van der Waals surface area contributed by atoms with E-state index in [0.29, 0.717) is 6.42 Å². The molecule has 1 N–H and O–H groups in total. The molecule has 7 nitrogen and oxygen atoms in total. The lowest BCUT2D eigenvalue weighted by Crippen LogP contribution is -2.45. The number of methoxy groups -OCH3 is 1. The molecule has 0 aromatic rings. The average molecular weight is 354 g/mol. The summed E-state index contributed by atoms with van der Waals surface area (Å²) < 4.78 is 10.3. The van der Waals surface area contributed by atoms with E-state index in [9.17, 15) is 9.59 Å². The van der Waals surface area contributed by atoms with Gasteiger partial charge in [0.2, 0.25) is 0 Å². The van der Waals surface area contributed by atoms with Gasteiger partial charge in [-0.05, 0) is 40.0 Å². The van der Waals surface area contributed by atoms with Crippen molar-refractivity contribution in [1.82, 2.24) is 5.32 Å². The average Bonchev–Trinajstić information content (AvgIpc) is 3.08. The molecule has 4 atom stereocenters. The third-order valence-corrected chi connectivity index (χ3v) is 4.92. The van der Waals surface area contributed by atoms with Crippen molar-refractivity contribution in [2.75, 3.05) is 7.11 Å². The van der Waals surface area contributed by atoms with Gasteiger partial charge in [-0.2, -0.15) is 0 Å². The molecule has 0 aromatic heterocycles. The van der Waals surface area contributed by atoms with Crippen LogP contribution in [0, 0.1) is 17.8 Å². The Morgan fingerprint density at radius 2 is 1.96 bits per heavy atom. The molecular weight excluding hydrogens is 324 g/mol. The van der Waals surface area contributed by atoms with Gasteiger partial charge in [-0.1, -0.05) is 19.0 Å². The Kier molecular flexibility index (Phi) is 5.95. The van der Waals surface area contributed by atoms with Crippen LogP contribution in [0.3, 0.4) is 0 Å². The normalized spacial score (nSPS) is 28.2. The smallest absolute Gasteiger partial charge is 0.407 e. The molecule has 0 bridgehead atoms. The third kappa shape index (κ3) is 4.25.